The minimum Gasteiger partial charge on any atom is -0.377 e. The molecule has 0 radical (unpaired) electrons. The van der Waals surface area contributed by atoms with Gasteiger partial charge in [0.2, 0.25) is 0 Å². The largest absolute Gasteiger partial charge is 0.377 e. The van der Waals surface area contributed by atoms with Crippen molar-refractivity contribution in [3.05, 3.63) is 64.7 Å². The van der Waals surface area contributed by atoms with Crippen LogP contribution in [0.5, 0.6) is 0 Å². The minimum atomic E-state index is -0.476. The van der Waals surface area contributed by atoms with Gasteiger partial charge in [0.25, 0.3) is 11.3 Å². The van der Waals surface area contributed by atoms with Crippen molar-refractivity contribution in [2.45, 2.75) is 6.61 Å². The number of nitrogens with zero attached hydrogens (tertiary/aromatic N) is 5. The molecule has 4 rings (SSSR count). The zero-order valence-corrected chi connectivity index (χ0v) is 12.7. The van der Waals surface area contributed by atoms with Gasteiger partial charge < -0.3 is 4.74 Å². The molecule has 120 valence electrons. The molecule has 0 aliphatic rings. The maximum absolute atomic E-state index is 14.0. The lowest BCUT2D eigenvalue weighted by Gasteiger charge is -2.08. The molecule has 4 aromatic rings. The lowest BCUT2D eigenvalue weighted by molar-refractivity contribution is 0.178. The van der Waals surface area contributed by atoms with E-state index in [1.807, 2.05) is 0 Å². The Labute approximate surface area is 135 Å². The average Bonchev–Trinajstić information content (AvgIpc) is 2.99. The molecule has 3 heterocycles. The normalized spacial score (nSPS) is 11.4. The van der Waals surface area contributed by atoms with Gasteiger partial charge in [0.15, 0.2) is 5.82 Å². The molecule has 0 fully saturated rings. The molecule has 0 saturated carbocycles. The zero-order valence-electron chi connectivity index (χ0n) is 12.7. The Morgan fingerprint density at radius 1 is 1.25 bits per heavy atom. The number of methoxy groups -OCH3 is 1. The van der Waals surface area contributed by atoms with Crippen LogP contribution in [0, 0.1) is 5.82 Å². The number of benzene rings is 1. The van der Waals surface area contributed by atoms with Crippen LogP contribution in [0.1, 0.15) is 5.82 Å². The molecule has 0 N–H and O–H groups in total. The molecule has 0 aliphatic carbocycles. The summed E-state index contributed by atoms with van der Waals surface area (Å²) in [6.45, 7) is 0.247. The minimum absolute atomic E-state index is 0.183. The van der Waals surface area contributed by atoms with Crippen LogP contribution in [-0.4, -0.2) is 31.3 Å². The van der Waals surface area contributed by atoms with Crippen LogP contribution >= 0.6 is 0 Å². The Bertz CT molecular complexity index is 1120. The van der Waals surface area contributed by atoms with E-state index in [9.17, 15) is 9.18 Å². The first kappa shape index (κ1) is 14.5. The summed E-state index contributed by atoms with van der Waals surface area (Å²) in [5.74, 6) is 0.365. The molecule has 24 heavy (non-hydrogen) atoms. The summed E-state index contributed by atoms with van der Waals surface area (Å²) in [6.07, 6.45) is 2.94. The maximum Gasteiger partial charge on any atom is 0.266 e. The Morgan fingerprint density at radius 2 is 2.08 bits per heavy atom. The Morgan fingerprint density at radius 3 is 2.88 bits per heavy atom. The molecule has 0 saturated heterocycles. The quantitative estimate of drug-likeness (QED) is 0.573. The van der Waals surface area contributed by atoms with E-state index in [4.69, 9.17) is 4.74 Å². The Balaban J connectivity index is 1.99. The second-order valence-corrected chi connectivity index (χ2v) is 5.17. The van der Waals surface area contributed by atoms with Gasteiger partial charge in [-0.05, 0) is 18.2 Å². The number of hydrogen-bond acceptors (Lipinski definition) is 5. The van der Waals surface area contributed by atoms with Crippen molar-refractivity contribution in [2.24, 2.45) is 0 Å². The van der Waals surface area contributed by atoms with Crippen LogP contribution in [0.2, 0.25) is 0 Å². The molecular formula is C16H12FN5O2. The van der Waals surface area contributed by atoms with Crippen molar-refractivity contribution in [3.8, 4) is 5.69 Å². The second-order valence-electron chi connectivity index (χ2n) is 5.17. The second kappa shape index (κ2) is 5.50. The lowest BCUT2D eigenvalue weighted by atomic mass is 10.2. The van der Waals surface area contributed by atoms with Crippen molar-refractivity contribution in [3.63, 3.8) is 0 Å². The van der Waals surface area contributed by atoms with Gasteiger partial charge in [-0.3, -0.25) is 9.36 Å². The molecule has 0 spiro atoms. The van der Waals surface area contributed by atoms with Crippen LogP contribution in [-0.2, 0) is 11.3 Å². The van der Waals surface area contributed by atoms with E-state index < -0.39 is 5.82 Å². The van der Waals surface area contributed by atoms with Gasteiger partial charge >= 0.3 is 0 Å². The first-order valence-corrected chi connectivity index (χ1v) is 7.19. The number of halogens is 1. The predicted molar refractivity (Wildman–Crippen MR) is 84.6 cm³/mol. The highest BCUT2D eigenvalue weighted by Crippen LogP contribution is 2.15. The van der Waals surface area contributed by atoms with E-state index in [2.05, 4.69) is 15.1 Å². The molecule has 0 amide bonds. The monoisotopic (exact) mass is 325 g/mol. The fourth-order valence-corrected chi connectivity index (χ4v) is 2.59. The summed E-state index contributed by atoms with van der Waals surface area (Å²) < 4.78 is 21.7. The van der Waals surface area contributed by atoms with Crippen molar-refractivity contribution >= 4 is 16.7 Å². The van der Waals surface area contributed by atoms with Crippen LogP contribution in [0.3, 0.4) is 0 Å². The highest BCUT2D eigenvalue weighted by atomic mass is 19.1. The first-order valence-electron chi connectivity index (χ1n) is 7.19. The number of hydrogen-bond donors (Lipinski definition) is 0. The first-order chi connectivity index (χ1) is 11.7. The molecule has 0 aliphatic heterocycles. The van der Waals surface area contributed by atoms with Crippen LogP contribution < -0.4 is 5.56 Å². The van der Waals surface area contributed by atoms with Gasteiger partial charge in [-0.1, -0.05) is 12.1 Å². The summed E-state index contributed by atoms with van der Waals surface area (Å²) in [5, 5.41) is 4.61. The Hall–Kier alpha value is -3.13. The fraction of sp³-hybridized carbons (Fsp3) is 0.125. The van der Waals surface area contributed by atoms with Crippen molar-refractivity contribution in [1.29, 1.82) is 0 Å². The van der Waals surface area contributed by atoms with E-state index >= 15 is 0 Å². The van der Waals surface area contributed by atoms with Gasteiger partial charge in [-0.15, -0.1) is 5.10 Å². The van der Waals surface area contributed by atoms with E-state index in [-0.39, 0.29) is 17.9 Å². The standard InChI is InChI=1S/C16H12FN5O2/c1-24-9-14-19-16-18-8-10-12(22(16)20-14)6-7-21(15(10)23)13-5-3-2-4-11(13)17/h2-8H,9H2,1H3. The molecule has 7 nitrogen and oxygen atoms in total. The van der Waals surface area contributed by atoms with E-state index in [0.717, 1.165) is 0 Å². The number of ether oxygens (including phenoxy) is 1. The molecule has 0 atom stereocenters. The van der Waals surface area contributed by atoms with Crippen molar-refractivity contribution in [2.75, 3.05) is 7.11 Å². The van der Waals surface area contributed by atoms with Gasteiger partial charge in [0.1, 0.15) is 12.4 Å². The smallest absolute Gasteiger partial charge is 0.266 e. The topological polar surface area (TPSA) is 74.3 Å². The maximum atomic E-state index is 14.0. The number of para-hydroxylation sites is 1. The van der Waals surface area contributed by atoms with E-state index in [1.165, 1.54) is 27.5 Å². The van der Waals surface area contributed by atoms with Crippen LogP contribution in [0.25, 0.3) is 22.4 Å². The average molecular weight is 325 g/mol. The zero-order chi connectivity index (χ0) is 16.7. The highest BCUT2D eigenvalue weighted by molar-refractivity contribution is 5.78. The van der Waals surface area contributed by atoms with Crippen LogP contribution in [0.4, 0.5) is 4.39 Å². The third-order valence-corrected chi connectivity index (χ3v) is 3.66. The molecule has 1 aromatic carbocycles. The fourth-order valence-electron chi connectivity index (χ4n) is 2.59. The highest BCUT2D eigenvalue weighted by Gasteiger charge is 2.13. The SMILES string of the molecule is COCc1nc2ncc3c(=O)n(-c4ccccc4F)ccc3n2n1. The molecule has 3 aromatic heterocycles. The lowest BCUT2D eigenvalue weighted by Crippen LogP contribution is -2.19. The number of rotatable bonds is 3. The van der Waals surface area contributed by atoms with Crippen molar-refractivity contribution < 1.29 is 9.13 Å². The molecular weight excluding hydrogens is 313 g/mol. The molecule has 0 bridgehead atoms. The predicted octanol–water partition coefficient (Wildman–Crippen LogP) is 1.71. The third-order valence-electron chi connectivity index (χ3n) is 3.66. The van der Waals surface area contributed by atoms with Gasteiger partial charge in [0.05, 0.1) is 16.6 Å². The summed E-state index contributed by atoms with van der Waals surface area (Å²) in [6, 6.07) is 7.78. The van der Waals surface area contributed by atoms with E-state index in [0.29, 0.717) is 22.5 Å². The van der Waals surface area contributed by atoms with Crippen LogP contribution in [0.15, 0.2) is 47.5 Å². The summed E-state index contributed by atoms with van der Waals surface area (Å²) in [4.78, 5) is 21.1. The number of fused-ring (bicyclic) bond motifs is 3. The van der Waals surface area contributed by atoms with Gasteiger partial charge in [-0.25, -0.2) is 9.37 Å². The number of pyridine rings is 1. The summed E-state index contributed by atoms with van der Waals surface area (Å²) in [7, 11) is 1.55. The molecule has 8 heteroatoms. The van der Waals surface area contributed by atoms with Gasteiger partial charge in [0, 0.05) is 19.5 Å². The summed E-state index contributed by atoms with van der Waals surface area (Å²) in [5.41, 5.74) is 0.353. The van der Waals surface area contributed by atoms with Crippen molar-refractivity contribution in [1.82, 2.24) is 24.1 Å². The molecule has 0 unspecified atom stereocenters. The number of aromatic nitrogens is 5. The third kappa shape index (κ3) is 2.16. The summed E-state index contributed by atoms with van der Waals surface area (Å²) >= 11 is 0. The van der Waals surface area contributed by atoms with Gasteiger partial charge in [-0.2, -0.15) is 9.50 Å². The Kier molecular flexibility index (Phi) is 3.31. The van der Waals surface area contributed by atoms with E-state index in [1.54, 1.807) is 31.4 Å².